The van der Waals surface area contributed by atoms with Crippen molar-refractivity contribution in [3.8, 4) is 0 Å². The number of nitrogens with one attached hydrogen (secondary N) is 1. The second-order valence-corrected chi connectivity index (χ2v) is 4.67. The second kappa shape index (κ2) is 4.23. The van der Waals surface area contributed by atoms with Gasteiger partial charge in [0, 0.05) is 5.54 Å². The van der Waals surface area contributed by atoms with Crippen molar-refractivity contribution in [2.24, 2.45) is 0 Å². The van der Waals surface area contributed by atoms with Gasteiger partial charge < -0.3 is 11.1 Å². The van der Waals surface area contributed by atoms with Gasteiger partial charge in [-0.1, -0.05) is 19.3 Å². The van der Waals surface area contributed by atoms with E-state index in [4.69, 9.17) is 5.73 Å². The Labute approximate surface area is 94.5 Å². The van der Waals surface area contributed by atoms with E-state index in [1.54, 1.807) is 0 Å². The summed E-state index contributed by atoms with van der Waals surface area (Å²) < 4.78 is 13.5. The van der Waals surface area contributed by atoms with Crippen molar-refractivity contribution in [3.63, 3.8) is 0 Å². The highest BCUT2D eigenvalue weighted by atomic mass is 19.1. The van der Waals surface area contributed by atoms with Crippen molar-refractivity contribution in [1.82, 2.24) is 9.97 Å². The highest BCUT2D eigenvalue weighted by Gasteiger charge is 2.27. The van der Waals surface area contributed by atoms with Gasteiger partial charge >= 0.3 is 0 Å². The Kier molecular flexibility index (Phi) is 2.94. The number of hydrogen-bond acceptors (Lipinski definition) is 4. The summed E-state index contributed by atoms with van der Waals surface area (Å²) in [5.41, 5.74) is 5.38. The molecule has 0 bridgehead atoms. The Morgan fingerprint density at radius 3 is 2.75 bits per heavy atom. The molecule has 1 aliphatic rings. The summed E-state index contributed by atoms with van der Waals surface area (Å²) in [5.74, 6) is -0.124. The third kappa shape index (κ3) is 2.40. The van der Waals surface area contributed by atoms with Crippen molar-refractivity contribution in [2.45, 2.75) is 44.6 Å². The van der Waals surface area contributed by atoms with Crippen LogP contribution in [0.4, 0.5) is 16.2 Å². The van der Waals surface area contributed by atoms with Gasteiger partial charge in [0.05, 0.1) is 6.20 Å². The van der Waals surface area contributed by atoms with Gasteiger partial charge in [-0.05, 0) is 19.8 Å². The molecule has 5 heteroatoms. The van der Waals surface area contributed by atoms with Gasteiger partial charge in [-0.3, -0.25) is 0 Å². The van der Waals surface area contributed by atoms with E-state index in [0.29, 0.717) is 0 Å². The Morgan fingerprint density at radius 2 is 2.06 bits per heavy atom. The third-order valence-corrected chi connectivity index (χ3v) is 3.14. The van der Waals surface area contributed by atoms with Crippen LogP contribution < -0.4 is 11.1 Å². The van der Waals surface area contributed by atoms with E-state index in [-0.39, 0.29) is 17.3 Å². The molecule has 0 saturated heterocycles. The molecule has 1 aliphatic carbocycles. The molecular weight excluding hydrogens is 207 g/mol. The van der Waals surface area contributed by atoms with Crippen LogP contribution in [0.2, 0.25) is 0 Å². The molecule has 0 unspecified atom stereocenters. The van der Waals surface area contributed by atoms with E-state index in [2.05, 4.69) is 22.2 Å². The molecule has 1 heterocycles. The number of aromatic nitrogens is 2. The minimum atomic E-state index is -0.444. The fourth-order valence-corrected chi connectivity index (χ4v) is 2.21. The van der Waals surface area contributed by atoms with Crippen LogP contribution in [0.25, 0.3) is 0 Å². The Bertz CT molecular complexity index is 374. The van der Waals surface area contributed by atoms with Crippen LogP contribution in [-0.4, -0.2) is 15.5 Å². The summed E-state index contributed by atoms with van der Waals surface area (Å²) in [4.78, 5) is 7.50. The standard InChI is InChI=1S/C11H17FN4/c1-11(5-3-2-4-6-11)16-9-8(12)7-14-10(13)15-9/h7H,2-6H2,1H3,(H3,13,14,15,16). The number of rotatable bonds is 2. The van der Waals surface area contributed by atoms with Gasteiger partial charge in [-0.2, -0.15) is 4.98 Å². The maximum atomic E-state index is 13.5. The predicted molar refractivity (Wildman–Crippen MR) is 61.5 cm³/mol. The first kappa shape index (κ1) is 11.1. The van der Waals surface area contributed by atoms with E-state index < -0.39 is 5.82 Å². The molecule has 0 aromatic carbocycles. The number of halogens is 1. The molecule has 0 aliphatic heterocycles. The second-order valence-electron chi connectivity index (χ2n) is 4.67. The maximum Gasteiger partial charge on any atom is 0.222 e. The zero-order valence-electron chi connectivity index (χ0n) is 9.46. The van der Waals surface area contributed by atoms with Crippen LogP contribution in [0.15, 0.2) is 6.20 Å². The SMILES string of the molecule is CC1(Nc2nc(N)ncc2F)CCCCC1. The Morgan fingerprint density at radius 1 is 1.38 bits per heavy atom. The Balaban J connectivity index is 2.15. The largest absolute Gasteiger partial charge is 0.368 e. The molecule has 1 saturated carbocycles. The van der Waals surface area contributed by atoms with Crippen molar-refractivity contribution < 1.29 is 4.39 Å². The number of anilines is 2. The van der Waals surface area contributed by atoms with Crippen LogP contribution in [0.3, 0.4) is 0 Å². The normalized spacial score (nSPS) is 19.4. The minimum absolute atomic E-state index is 0.0696. The smallest absolute Gasteiger partial charge is 0.222 e. The van der Waals surface area contributed by atoms with Crippen molar-refractivity contribution in [1.29, 1.82) is 0 Å². The molecule has 0 spiro atoms. The molecule has 1 fully saturated rings. The van der Waals surface area contributed by atoms with Crippen LogP contribution >= 0.6 is 0 Å². The summed E-state index contributed by atoms with van der Waals surface area (Å²) in [6, 6.07) is 0. The van der Waals surface area contributed by atoms with Crippen LogP contribution in [0, 0.1) is 5.82 Å². The lowest BCUT2D eigenvalue weighted by atomic mass is 9.83. The fraction of sp³-hybridized carbons (Fsp3) is 0.636. The molecule has 0 radical (unpaired) electrons. The monoisotopic (exact) mass is 224 g/mol. The highest BCUT2D eigenvalue weighted by molar-refractivity contribution is 5.41. The van der Waals surface area contributed by atoms with Crippen molar-refractivity contribution in [2.75, 3.05) is 11.1 Å². The lowest BCUT2D eigenvalue weighted by Gasteiger charge is -2.35. The molecule has 2 rings (SSSR count). The first-order chi connectivity index (χ1) is 7.59. The topological polar surface area (TPSA) is 63.8 Å². The number of nitrogens with zero attached hydrogens (tertiary/aromatic N) is 2. The van der Waals surface area contributed by atoms with E-state index in [1.165, 1.54) is 19.3 Å². The average molecular weight is 224 g/mol. The van der Waals surface area contributed by atoms with Crippen LogP contribution in [-0.2, 0) is 0 Å². The van der Waals surface area contributed by atoms with E-state index in [9.17, 15) is 4.39 Å². The molecular formula is C11H17FN4. The molecule has 1 aromatic rings. The quantitative estimate of drug-likeness (QED) is 0.809. The van der Waals surface area contributed by atoms with Gasteiger partial charge in [0.25, 0.3) is 0 Å². The number of hydrogen-bond donors (Lipinski definition) is 2. The van der Waals surface area contributed by atoms with Gasteiger partial charge in [0.15, 0.2) is 11.6 Å². The third-order valence-electron chi connectivity index (χ3n) is 3.14. The first-order valence-electron chi connectivity index (χ1n) is 5.65. The van der Waals surface area contributed by atoms with Gasteiger partial charge in [-0.25, -0.2) is 9.37 Å². The predicted octanol–water partition coefficient (Wildman–Crippen LogP) is 2.33. The fourth-order valence-electron chi connectivity index (χ4n) is 2.21. The number of nitrogens with two attached hydrogens (primary N) is 1. The van der Waals surface area contributed by atoms with Crippen molar-refractivity contribution in [3.05, 3.63) is 12.0 Å². The average Bonchev–Trinajstić information content (AvgIpc) is 2.24. The molecule has 4 nitrogen and oxygen atoms in total. The lowest BCUT2D eigenvalue weighted by Crippen LogP contribution is -2.37. The summed E-state index contributed by atoms with van der Waals surface area (Å²) in [7, 11) is 0. The number of nitrogen functional groups attached to an aromatic ring is 1. The zero-order valence-corrected chi connectivity index (χ0v) is 9.46. The van der Waals surface area contributed by atoms with E-state index in [0.717, 1.165) is 19.0 Å². The van der Waals surface area contributed by atoms with Gasteiger partial charge in [0.2, 0.25) is 5.95 Å². The molecule has 3 N–H and O–H groups in total. The highest BCUT2D eigenvalue weighted by Crippen LogP contribution is 2.31. The summed E-state index contributed by atoms with van der Waals surface area (Å²) >= 11 is 0. The maximum absolute atomic E-state index is 13.5. The van der Waals surface area contributed by atoms with E-state index in [1.807, 2.05) is 0 Å². The summed E-state index contributed by atoms with van der Waals surface area (Å²) in [6.45, 7) is 2.10. The van der Waals surface area contributed by atoms with E-state index >= 15 is 0 Å². The first-order valence-corrected chi connectivity index (χ1v) is 5.65. The molecule has 1 aromatic heterocycles. The summed E-state index contributed by atoms with van der Waals surface area (Å²) in [5, 5.41) is 3.16. The molecule has 0 amide bonds. The minimum Gasteiger partial charge on any atom is -0.368 e. The molecule has 16 heavy (non-hydrogen) atoms. The lowest BCUT2D eigenvalue weighted by molar-refractivity contribution is 0.347. The van der Waals surface area contributed by atoms with Gasteiger partial charge in [0.1, 0.15) is 0 Å². The van der Waals surface area contributed by atoms with Crippen LogP contribution in [0.5, 0.6) is 0 Å². The van der Waals surface area contributed by atoms with Gasteiger partial charge in [-0.15, -0.1) is 0 Å². The molecule has 0 atom stereocenters. The van der Waals surface area contributed by atoms with Crippen molar-refractivity contribution >= 4 is 11.8 Å². The summed E-state index contributed by atoms with van der Waals surface area (Å²) in [6.07, 6.45) is 6.78. The van der Waals surface area contributed by atoms with Crippen LogP contribution in [0.1, 0.15) is 39.0 Å². The molecule has 88 valence electrons. The Hall–Kier alpha value is -1.39. The zero-order chi connectivity index (χ0) is 11.6.